The van der Waals surface area contributed by atoms with Crippen LogP contribution in [0.15, 0.2) is 54.6 Å². The zero-order valence-corrected chi connectivity index (χ0v) is 15.9. The van der Waals surface area contributed by atoms with Gasteiger partial charge >= 0.3 is 0 Å². The van der Waals surface area contributed by atoms with Crippen molar-refractivity contribution in [1.82, 2.24) is 5.32 Å². The lowest BCUT2D eigenvalue weighted by molar-refractivity contribution is -0.384. The van der Waals surface area contributed by atoms with Crippen LogP contribution in [0.4, 0.5) is 5.69 Å². The lowest BCUT2D eigenvalue weighted by Crippen LogP contribution is -2.30. The molecule has 6 heteroatoms. The molecule has 138 valence electrons. The highest BCUT2D eigenvalue weighted by Gasteiger charge is 2.16. The molecule has 0 spiro atoms. The van der Waals surface area contributed by atoms with Crippen molar-refractivity contribution in [2.45, 2.75) is 32.1 Å². The second-order valence-corrected chi connectivity index (χ2v) is 7.56. The maximum Gasteiger partial charge on any atom is 0.269 e. The summed E-state index contributed by atoms with van der Waals surface area (Å²) in [5, 5.41) is 13.8. The van der Waals surface area contributed by atoms with E-state index in [1.165, 1.54) is 23.9 Å². The van der Waals surface area contributed by atoms with Gasteiger partial charge in [0.1, 0.15) is 0 Å². The average Bonchev–Trinajstić information content (AvgIpc) is 2.62. The van der Waals surface area contributed by atoms with Crippen LogP contribution in [0.1, 0.15) is 37.4 Å². The molecule has 1 amide bonds. The molecule has 0 saturated carbocycles. The Morgan fingerprint density at radius 1 is 1.12 bits per heavy atom. The van der Waals surface area contributed by atoms with Crippen LogP contribution in [0.2, 0.25) is 0 Å². The number of carbonyl (C=O) groups excluding carboxylic acids is 1. The SMILES string of the molecule is CC(C)C[C@@H](NC(=O)CSCc1ccc([N+](=O)[O-])cc1)c1ccccc1. The van der Waals surface area contributed by atoms with Gasteiger partial charge in [0.2, 0.25) is 5.91 Å². The van der Waals surface area contributed by atoms with Crippen LogP contribution in [-0.4, -0.2) is 16.6 Å². The molecule has 0 aliphatic carbocycles. The number of nitrogens with one attached hydrogen (secondary N) is 1. The largest absolute Gasteiger partial charge is 0.349 e. The highest BCUT2D eigenvalue weighted by Crippen LogP contribution is 2.22. The molecule has 2 aromatic rings. The molecule has 26 heavy (non-hydrogen) atoms. The van der Waals surface area contributed by atoms with Crippen LogP contribution in [0.25, 0.3) is 0 Å². The van der Waals surface area contributed by atoms with Gasteiger partial charge in [-0.05, 0) is 23.5 Å². The van der Waals surface area contributed by atoms with Crippen LogP contribution < -0.4 is 5.32 Å². The minimum atomic E-state index is -0.414. The fourth-order valence-corrected chi connectivity index (χ4v) is 3.45. The van der Waals surface area contributed by atoms with Gasteiger partial charge in [0.05, 0.1) is 16.7 Å². The number of thioether (sulfide) groups is 1. The number of nitrogens with zero attached hydrogens (tertiary/aromatic N) is 1. The Balaban J connectivity index is 1.85. The second-order valence-electron chi connectivity index (χ2n) is 6.58. The predicted octanol–water partition coefficient (Wildman–Crippen LogP) is 4.73. The molecule has 0 radical (unpaired) electrons. The predicted molar refractivity (Wildman–Crippen MR) is 106 cm³/mol. The number of amides is 1. The summed E-state index contributed by atoms with van der Waals surface area (Å²) in [6.07, 6.45) is 0.892. The number of rotatable bonds is 9. The topological polar surface area (TPSA) is 72.2 Å². The summed E-state index contributed by atoms with van der Waals surface area (Å²) in [6.45, 7) is 4.29. The number of nitro benzene ring substituents is 1. The van der Waals surface area contributed by atoms with Gasteiger partial charge in [0.25, 0.3) is 5.69 Å². The Morgan fingerprint density at radius 2 is 1.77 bits per heavy atom. The quantitative estimate of drug-likeness (QED) is 0.510. The summed E-state index contributed by atoms with van der Waals surface area (Å²) in [5.74, 6) is 1.49. The third-order valence-corrected chi connectivity index (χ3v) is 4.90. The first kappa shape index (κ1) is 20.0. The van der Waals surface area contributed by atoms with Crippen LogP contribution in [0.3, 0.4) is 0 Å². The maximum absolute atomic E-state index is 12.3. The lowest BCUT2D eigenvalue weighted by Gasteiger charge is -2.21. The van der Waals surface area contributed by atoms with Gasteiger partial charge in [0, 0.05) is 17.9 Å². The molecule has 1 atom stereocenters. The molecule has 0 saturated heterocycles. The number of benzene rings is 2. The van der Waals surface area contributed by atoms with Crippen molar-refractivity contribution in [3.05, 3.63) is 75.8 Å². The Morgan fingerprint density at radius 3 is 2.35 bits per heavy atom. The summed E-state index contributed by atoms with van der Waals surface area (Å²) in [4.78, 5) is 22.6. The Bertz CT molecular complexity index is 718. The molecular formula is C20H24N2O3S. The summed E-state index contributed by atoms with van der Waals surface area (Å²) in [5.41, 5.74) is 2.17. The van der Waals surface area contributed by atoms with E-state index in [9.17, 15) is 14.9 Å². The second kappa shape index (κ2) is 9.97. The van der Waals surface area contributed by atoms with Gasteiger partial charge in [-0.25, -0.2) is 0 Å². The molecule has 2 aromatic carbocycles. The number of carbonyl (C=O) groups is 1. The molecule has 2 rings (SSSR count). The Kier molecular flexibility index (Phi) is 7.66. The van der Waals surface area contributed by atoms with Crippen molar-refractivity contribution < 1.29 is 9.72 Å². The Hall–Kier alpha value is -2.34. The van der Waals surface area contributed by atoms with E-state index in [1.807, 2.05) is 30.3 Å². The fourth-order valence-electron chi connectivity index (χ4n) is 2.65. The van der Waals surface area contributed by atoms with E-state index in [2.05, 4.69) is 19.2 Å². The van der Waals surface area contributed by atoms with Crippen molar-refractivity contribution in [3.63, 3.8) is 0 Å². The zero-order chi connectivity index (χ0) is 18.9. The Labute approximate surface area is 158 Å². The normalized spacial score (nSPS) is 12.0. The highest BCUT2D eigenvalue weighted by molar-refractivity contribution is 7.99. The number of hydrogen-bond donors (Lipinski definition) is 1. The van der Waals surface area contributed by atoms with Gasteiger partial charge in [-0.2, -0.15) is 0 Å². The van der Waals surface area contributed by atoms with Crippen molar-refractivity contribution in [3.8, 4) is 0 Å². The number of nitro groups is 1. The van der Waals surface area contributed by atoms with Gasteiger partial charge in [-0.15, -0.1) is 11.8 Å². The van der Waals surface area contributed by atoms with Gasteiger partial charge in [0.15, 0.2) is 0 Å². The first-order valence-electron chi connectivity index (χ1n) is 8.61. The van der Waals surface area contributed by atoms with Crippen molar-refractivity contribution in [2.24, 2.45) is 5.92 Å². The highest BCUT2D eigenvalue weighted by atomic mass is 32.2. The van der Waals surface area contributed by atoms with E-state index in [0.717, 1.165) is 17.5 Å². The average molecular weight is 372 g/mol. The molecule has 0 aliphatic rings. The minimum absolute atomic E-state index is 0.00594. The molecule has 0 aromatic heterocycles. The summed E-state index contributed by atoms with van der Waals surface area (Å²) < 4.78 is 0. The molecular weight excluding hydrogens is 348 g/mol. The standard InChI is InChI=1S/C20H24N2O3S/c1-15(2)12-19(17-6-4-3-5-7-17)21-20(23)14-26-13-16-8-10-18(11-9-16)22(24)25/h3-11,15,19H,12-14H2,1-2H3,(H,21,23)/t19-/m1/s1. The maximum atomic E-state index is 12.3. The molecule has 0 aliphatic heterocycles. The molecule has 0 fully saturated rings. The van der Waals surface area contributed by atoms with Crippen LogP contribution in [-0.2, 0) is 10.5 Å². The number of non-ortho nitro benzene ring substituents is 1. The van der Waals surface area contributed by atoms with Gasteiger partial charge in [-0.3, -0.25) is 14.9 Å². The van der Waals surface area contributed by atoms with E-state index >= 15 is 0 Å². The summed E-state index contributed by atoms with van der Waals surface area (Å²) >= 11 is 1.50. The van der Waals surface area contributed by atoms with Crippen molar-refractivity contribution in [1.29, 1.82) is 0 Å². The van der Waals surface area contributed by atoms with Crippen LogP contribution in [0.5, 0.6) is 0 Å². The molecule has 0 bridgehead atoms. The lowest BCUT2D eigenvalue weighted by atomic mass is 9.97. The van der Waals surface area contributed by atoms with E-state index in [1.54, 1.807) is 12.1 Å². The monoisotopic (exact) mass is 372 g/mol. The summed E-state index contributed by atoms with van der Waals surface area (Å²) in [7, 11) is 0. The van der Waals surface area contributed by atoms with E-state index in [0.29, 0.717) is 17.4 Å². The smallest absolute Gasteiger partial charge is 0.269 e. The van der Waals surface area contributed by atoms with Crippen LogP contribution >= 0.6 is 11.8 Å². The zero-order valence-electron chi connectivity index (χ0n) is 15.1. The van der Waals surface area contributed by atoms with Crippen molar-refractivity contribution in [2.75, 3.05) is 5.75 Å². The van der Waals surface area contributed by atoms with Gasteiger partial charge in [-0.1, -0.05) is 56.3 Å². The van der Waals surface area contributed by atoms with Crippen LogP contribution in [0, 0.1) is 16.0 Å². The summed E-state index contributed by atoms with van der Waals surface area (Å²) in [6, 6.07) is 16.5. The molecule has 0 heterocycles. The van der Waals surface area contributed by atoms with Gasteiger partial charge < -0.3 is 5.32 Å². The first-order chi connectivity index (χ1) is 12.5. The number of hydrogen-bond acceptors (Lipinski definition) is 4. The molecule has 1 N–H and O–H groups in total. The molecule has 0 unspecified atom stereocenters. The first-order valence-corrected chi connectivity index (χ1v) is 9.76. The molecule has 5 nitrogen and oxygen atoms in total. The van der Waals surface area contributed by atoms with E-state index < -0.39 is 4.92 Å². The third-order valence-electron chi connectivity index (χ3n) is 3.89. The third kappa shape index (κ3) is 6.52. The fraction of sp³-hybridized carbons (Fsp3) is 0.350. The van der Waals surface area contributed by atoms with E-state index in [4.69, 9.17) is 0 Å². The van der Waals surface area contributed by atoms with Crippen molar-refractivity contribution >= 4 is 23.4 Å². The minimum Gasteiger partial charge on any atom is -0.349 e. The van der Waals surface area contributed by atoms with E-state index in [-0.39, 0.29) is 17.6 Å².